The van der Waals surface area contributed by atoms with Gasteiger partial charge in [-0.1, -0.05) is 30.3 Å². The van der Waals surface area contributed by atoms with E-state index in [2.05, 4.69) is 10.1 Å². The highest BCUT2D eigenvalue weighted by molar-refractivity contribution is 5.75. The predicted molar refractivity (Wildman–Crippen MR) is 100.0 cm³/mol. The molecule has 26 heavy (non-hydrogen) atoms. The van der Waals surface area contributed by atoms with Gasteiger partial charge in [0.2, 0.25) is 0 Å². The van der Waals surface area contributed by atoms with Crippen LogP contribution < -0.4 is 10.3 Å². The van der Waals surface area contributed by atoms with Crippen molar-refractivity contribution >= 4 is 11.0 Å². The fourth-order valence-electron chi connectivity index (χ4n) is 2.96. The third-order valence-electron chi connectivity index (χ3n) is 4.38. The summed E-state index contributed by atoms with van der Waals surface area (Å²) in [6, 6.07) is 17.3. The highest BCUT2D eigenvalue weighted by Crippen LogP contribution is 2.16. The Labute approximate surface area is 150 Å². The molecule has 0 bridgehead atoms. The number of para-hydroxylation sites is 1. The first kappa shape index (κ1) is 16.1. The number of rotatable bonds is 4. The smallest absolute Gasteiger partial charge is 0.264 e. The molecule has 0 spiro atoms. The van der Waals surface area contributed by atoms with Gasteiger partial charge in [0.25, 0.3) is 5.56 Å². The van der Waals surface area contributed by atoms with Crippen molar-refractivity contribution in [3.63, 3.8) is 0 Å². The average Bonchev–Trinajstić information content (AvgIpc) is 3.10. The molecular weight excluding hydrogens is 328 g/mol. The second-order valence-electron chi connectivity index (χ2n) is 6.03. The van der Waals surface area contributed by atoms with Crippen molar-refractivity contribution in [1.82, 2.24) is 19.3 Å². The van der Waals surface area contributed by atoms with Crippen LogP contribution in [0.25, 0.3) is 16.7 Å². The van der Waals surface area contributed by atoms with Crippen molar-refractivity contribution in [1.29, 1.82) is 0 Å². The minimum absolute atomic E-state index is 0.0921. The number of aryl methyl sites for hydroxylation is 1. The maximum Gasteiger partial charge on any atom is 0.264 e. The first-order chi connectivity index (χ1) is 12.7. The molecule has 0 N–H and O–H groups in total. The van der Waals surface area contributed by atoms with Gasteiger partial charge in [-0.3, -0.25) is 9.36 Å². The largest absolute Gasteiger partial charge is 0.497 e. The number of benzene rings is 2. The third-order valence-corrected chi connectivity index (χ3v) is 4.38. The summed E-state index contributed by atoms with van der Waals surface area (Å²) in [7, 11) is 1.63. The van der Waals surface area contributed by atoms with E-state index in [1.54, 1.807) is 22.6 Å². The Hall–Kier alpha value is -3.41. The van der Waals surface area contributed by atoms with E-state index >= 15 is 0 Å². The lowest BCUT2D eigenvalue weighted by Crippen LogP contribution is -2.24. The molecule has 0 radical (unpaired) electrons. The van der Waals surface area contributed by atoms with Crippen LogP contribution in [0.5, 0.6) is 5.75 Å². The van der Waals surface area contributed by atoms with Gasteiger partial charge in [0.1, 0.15) is 17.0 Å². The lowest BCUT2D eigenvalue weighted by Gasteiger charge is -2.11. The van der Waals surface area contributed by atoms with E-state index in [0.717, 1.165) is 17.0 Å². The van der Waals surface area contributed by atoms with Crippen molar-refractivity contribution in [3.05, 3.63) is 82.5 Å². The SMILES string of the molecule is COc1ccc(Cn2c(C)nc3c(cnn3-c3ccccc3)c2=O)cc1. The number of aromatic nitrogens is 4. The van der Waals surface area contributed by atoms with E-state index in [1.165, 1.54) is 0 Å². The van der Waals surface area contributed by atoms with Gasteiger partial charge in [0, 0.05) is 0 Å². The topological polar surface area (TPSA) is 61.9 Å². The standard InChI is InChI=1S/C20H18N4O2/c1-14-22-19-18(12-21-24(19)16-6-4-3-5-7-16)20(25)23(14)13-15-8-10-17(26-2)11-9-15/h3-12H,13H2,1-2H3. The summed E-state index contributed by atoms with van der Waals surface area (Å²) < 4.78 is 8.54. The normalized spacial score (nSPS) is 11.0. The molecule has 2 heterocycles. The highest BCUT2D eigenvalue weighted by atomic mass is 16.5. The molecule has 0 saturated heterocycles. The molecule has 2 aromatic heterocycles. The van der Waals surface area contributed by atoms with Gasteiger partial charge >= 0.3 is 0 Å². The maximum absolute atomic E-state index is 13.0. The van der Waals surface area contributed by atoms with E-state index in [0.29, 0.717) is 23.4 Å². The van der Waals surface area contributed by atoms with Gasteiger partial charge in [0.15, 0.2) is 5.65 Å². The van der Waals surface area contributed by atoms with Crippen LogP contribution in [0.15, 0.2) is 65.6 Å². The van der Waals surface area contributed by atoms with Crippen LogP contribution in [-0.4, -0.2) is 26.4 Å². The summed E-state index contributed by atoms with van der Waals surface area (Å²) in [6.45, 7) is 2.29. The number of fused-ring (bicyclic) bond motifs is 1. The van der Waals surface area contributed by atoms with Crippen LogP contribution in [0, 0.1) is 6.92 Å². The molecule has 130 valence electrons. The molecule has 0 atom stereocenters. The first-order valence-corrected chi connectivity index (χ1v) is 8.31. The lowest BCUT2D eigenvalue weighted by molar-refractivity contribution is 0.414. The van der Waals surface area contributed by atoms with Crippen LogP contribution in [0.1, 0.15) is 11.4 Å². The Morgan fingerprint density at radius 3 is 2.46 bits per heavy atom. The van der Waals surface area contributed by atoms with Crippen LogP contribution in [0.4, 0.5) is 0 Å². The van der Waals surface area contributed by atoms with E-state index in [1.807, 2.05) is 61.5 Å². The molecule has 2 aromatic carbocycles. The van der Waals surface area contributed by atoms with Crippen molar-refractivity contribution in [2.75, 3.05) is 7.11 Å². The molecule has 0 fully saturated rings. The summed E-state index contributed by atoms with van der Waals surface area (Å²) in [6.07, 6.45) is 1.58. The summed E-state index contributed by atoms with van der Waals surface area (Å²) in [5.74, 6) is 1.44. The molecule has 0 aliphatic heterocycles. The predicted octanol–water partition coefficient (Wildman–Crippen LogP) is 2.95. The number of hydrogen-bond donors (Lipinski definition) is 0. The molecule has 0 amide bonds. The monoisotopic (exact) mass is 346 g/mol. The summed E-state index contributed by atoms with van der Waals surface area (Å²) >= 11 is 0. The molecule has 0 saturated carbocycles. The van der Waals surface area contributed by atoms with Crippen molar-refractivity contribution in [3.8, 4) is 11.4 Å². The highest BCUT2D eigenvalue weighted by Gasteiger charge is 2.14. The van der Waals surface area contributed by atoms with E-state index in [-0.39, 0.29) is 5.56 Å². The Balaban J connectivity index is 1.78. The Morgan fingerprint density at radius 1 is 1.04 bits per heavy atom. The van der Waals surface area contributed by atoms with E-state index in [9.17, 15) is 4.79 Å². The second kappa shape index (κ2) is 6.48. The zero-order chi connectivity index (χ0) is 18.1. The summed E-state index contributed by atoms with van der Waals surface area (Å²) in [5, 5.41) is 4.87. The Morgan fingerprint density at radius 2 is 1.77 bits per heavy atom. The Bertz CT molecular complexity index is 1110. The van der Waals surface area contributed by atoms with E-state index in [4.69, 9.17) is 4.74 Å². The quantitative estimate of drug-likeness (QED) is 0.570. The van der Waals surface area contributed by atoms with Crippen LogP contribution in [-0.2, 0) is 6.54 Å². The van der Waals surface area contributed by atoms with Gasteiger partial charge < -0.3 is 4.74 Å². The molecule has 0 unspecified atom stereocenters. The van der Waals surface area contributed by atoms with Gasteiger partial charge in [-0.05, 0) is 36.8 Å². The fourth-order valence-corrected chi connectivity index (χ4v) is 2.96. The summed E-state index contributed by atoms with van der Waals surface area (Å²) in [5.41, 5.74) is 2.37. The lowest BCUT2D eigenvalue weighted by atomic mass is 10.2. The third kappa shape index (κ3) is 2.75. The molecule has 0 aliphatic carbocycles. The first-order valence-electron chi connectivity index (χ1n) is 8.31. The minimum Gasteiger partial charge on any atom is -0.497 e. The molecular formula is C20H18N4O2. The maximum atomic E-state index is 13.0. The average molecular weight is 346 g/mol. The fraction of sp³-hybridized carbons (Fsp3) is 0.150. The number of hydrogen-bond acceptors (Lipinski definition) is 4. The van der Waals surface area contributed by atoms with Crippen molar-refractivity contribution < 1.29 is 4.74 Å². The summed E-state index contributed by atoms with van der Waals surface area (Å²) in [4.78, 5) is 17.6. The minimum atomic E-state index is -0.0921. The zero-order valence-corrected chi connectivity index (χ0v) is 14.6. The Kier molecular flexibility index (Phi) is 4.01. The van der Waals surface area contributed by atoms with Gasteiger partial charge in [-0.2, -0.15) is 5.10 Å². The van der Waals surface area contributed by atoms with Crippen LogP contribution in [0.2, 0.25) is 0 Å². The zero-order valence-electron chi connectivity index (χ0n) is 14.6. The second-order valence-corrected chi connectivity index (χ2v) is 6.03. The van der Waals surface area contributed by atoms with Gasteiger partial charge in [-0.15, -0.1) is 0 Å². The molecule has 0 aliphatic rings. The van der Waals surface area contributed by atoms with Crippen molar-refractivity contribution in [2.24, 2.45) is 0 Å². The van der Waals surface area contributed by atoms with Crippen molar-refractivity contribution in [2.45, 2.75) is 13.5 Å². The number of nitrogens with zero attached hydrogens (tertiary/aromatic N) is 4. The van der Waals surface area contributed by atoms with Crippen LogP contribution >= 0.6 is 0 Å². The number of methoxy groups -OCH3 is 1. The molecule has 6 nitrogen and oxygen atoms in total. The molecule has 6 heteroatoms. The van der Waals surface area contributed by atoms with E-state index < -0.39 is 0 Å². The van der Waals surface area contributed by atoms with Gasteiger partial charge in [-0.25, -0.2) is 9.67 Å². The number of ether oxygens (including phenoxy) is 1. The molecule has 4 rings (SSSR count). The van der Waals surface area contributed by atoms with Crippen LogP contribution in [0.3, 0.4) is 0 Å². The van der Waals surface area contributed by atoms with Gasteiger partial charge in [0.05, 0.1) is 25.5 Å². The molecule has 4 aromatic rings.